The minimum atomic E-state index is -0.242. The number of benzene rings is 2. The van der Waals surface area contributed by atoms with E-state index in [4.69, 9.17) is 0 Å². The molecule has 1 aliphatic heterocycles. The van der Waals surface area contributed by atoms with Gasteiger partial charge in [-0.3, -0.25) is 9.69 Å². The molecule has 1 saturated carbocycles. The van der Waals surface area contributed by atoms with Gasteiger partial charge in [-0.05, 0) is 30.5 Å². The Morgan fingerprint density at radius 2 is 1.67 bits per heavy atom. The Labute approximate surface area is 159 Å². The third kappa shape index (κ3) is 3.30. The summed E-state index contributed by atoms with van der Waals surface area (Å²) in [5.74, 6) is -0.0750. The van der Waals surface area contributed by atoms with E-state index >= 15 is 0 Å². The molecule has 0 bridgehead atoms. The number of nitriles is 2. The van der Waals surface area contributed by atoms with Crippen LogP contribution in [0.4, 0.5) is 0 Å². The van der Waals surface area contributed by atoms with Crippen LogP contribution in [0.15, 0.2) is 48.5 Å². The largest absolute Gasteiger partial charge is 0.335 e. The van der Waals surface area contributed by atoms with Crippen LogP contribution in [-0.4, -0.2) is 47.4 Å². The van der Waals surface area contributed by atoms with E-state index in [2.05, 4.69) is 17.0 Å². The Morgan fingerprint density at radius 3 is 2.37 bits per heavy atom. The van der Waals surface area contributed by atoms with Gasteiger partial charge in [0.05, 0.1) is 17.7 Å². The van der Waals surface area contributed by atoms with Crippen LogP contribution in [0.5, 0.6) is 0 Å². The van der Waals surface area contributed by atoms with Crippen LogP contribution in [-0.2, 0) is 0 Å². The topological polar surface area (TPSA) is 71.1 Å². The molecule has 2 fully saturated rings. The van der Waals surface area contributed by atoms with Crippen molar-refractivity contribution in [2.24, 2.45) is 0 Å². The van der Waals surface area contributed by atoms with E-state index in [1.807, 2.05) is 36.4 Å². The Hall–Kier alpha value is -3.15. The maximum Gasteiger partial charge on any atom is 0.254 e. The molecule has 5 heteroatoms. The van der Waals surface area contributed by atoms with Crippen molar-refractivity contribution in [3.8, 4) is 23.3 Å². The first-order valence-electron chi connectivity index (χ1n) is 9.26. The Morgan fingerprint density at radius 1 is 0.963 bits per heavy atom. The van der Waals surface area contributed by atoms with Crippen molar-refractivity contribution in [3.63, 3.8) is 0 Å². The van der Waals surface area contributed by atoms with Gasteiger partial charge in [0.2, 0.25) is 0 Å². The van der Waals surface area contributed by atoms with Crippen molar-refractivity contribution < 1.29 is 4.79 Å². The van der Waals surface area contributed by atoms with Crippen LogP contribution in [0.3, 0.4) is 0 Å². The van der Waals surface area contributed by atoms with Crippen molar-refractivity contribution in [2.75, 3.05) is 19.6 Å². The molecule has 1 saturated heterocycles. The lowest BCUT2D eigenvalue weighted by molar-refractivity contribution is 0.0551. The van der Waals surface area contributed by atoms with Crippen LogP contribution in [0.2, 0.25) is 0 Å². The summed E-state index contributed by atoms with van der Waals surface area (Å²) >= 11 is 0. The summed E-state index contributed by atoms with van der Waals surface area (Å²) in [7, 11) is 0. The molecule has 0 aromatic heterocycles. The molecule has 134 valence electrons. The van der Waals surface area contributed by atoms with E-state index in [0.717, 1.165) is 30.5 Å². The van der Waals surface area contributed by atoms with Gasteiger partial charge in [-0.25, -0.2) is 0 Å². The average Bonchev–Trinajstić information content (AvgIpc) is 3.58. The van der Waals surface area contributed by atoms with Gasteiger partial charge >= 0.3 is 0 Å². The van der Waals surface area contributed by atoms with Crippen molar-refractivity contribution in [3.05, 3.63) is 59.7 Å². The second-order valence-corrected chi connectivity index (χ2v) is 7.07. The molecule has 5 nitrogen and oxygen atoms in total. The molecule has 2 aromatic carbocycles. The normalized spacial score (nSPS) is 19.9. The van der Waals surface area contributed by atoms with Crippen LogP contribution in [0.25, 0.3) is 11.1 Å². The van der Waals surface area contributed by atoms with Crippen LogP contribution in [0, 0.1) is 22.7 Å². The standard InChI is InChI=1S/C22H20N4O/c23-13-16-5-1-2-6-19(16)20-7-3-4-8-21(20)22(27)25-11-12-26(17-9-10-17)18(14-24)15-25/h1-8,17-18H,9-12,15H2. The number of piperazine rings is 1. The van der Waals surface area contributed by atoms with Crippen molar-refractivity contribution >= 4 is 5.91 Å². The van der Waals surface area contributed by atoms with Gasteiger partial charge in [0, 0.05) is 36.8 Å². The zero-order chi connectivity index (χ0) is 18.8. The highest BCUT2D eigenvalue weighted by Crippen LogP contribution is 2.32. The van der Waals surface area contributed by atoms with Gasteiger partial charge in [-0.15, -0.1) is 0 Å². The number of hydrogen-bond donors (Lipinski definition) is 0. The van der Waals surface area contributed by atoms with Crippen molar-refractivity contribution in [1.29, 1.82) is 10.5 Å². The van der Waals surface area contributed by atoms with Gasteiger partial charge in [0.1, 0.15) is 6.04 Å². The highest BCUT2D eigenvalue weighted by molar-refractivity contribution is 6.01. The van der Waals surface area contributed by atoms with Crippen LogP contribution in [0.1, 0.15) is 28.8 Å². The minimum absolute atomic E-state index is 0.0750. The van der Waals surface area contributed by atoms with E-state index in [-0.39, 0.29) is 11.9 Å². The summed E-state index contributed by atoms with van der Waals surface area (Å²) in [5.41, 5.74) is 2.65. The quantitative estimate of drug-likeness (QED) is 0.847. The van der Waals surface area contributed by atoms with Gasteiger partial charge in [-0.1, -0.05) is 36.4 Å². The van der Waals surface area contributed by atoms with Gasteiger partial charge in [0.15, 0.2) is 0 Å². The monoisotopic (exact) mass is 356 g/mol. The van der Waals surface area contributed by atoms with E-state index in [9.17, 15) is 15.3 Å². The highest BCUT2D eigenvalue weighted by Gasteiger charge is 2.38. The second kappa shape index (κ2) is 7.23. The molecule has 1 unspecified atom stereocenters. The molecule has 4 rings (SSSR count). The highest BCUT2D eigenvalue weighted by atomic mass is 16.2. The number of carbonyl (C=O) groups is 1. The summed E-state index contributed by atoms with van der Waals surface area (Å²) in [6, 6.07) is 19.6. The van der Waals surface area contributed by atoms with Crippen molar-refractivity contribution in [2.45, 2.75) is 24.9 Å². The molecule has 0 radical (unpaired) electrons. The molecule has 1 heterocycles. The fourth-order valence-corrected chi connectivity index (χ4v) is 3.83. The molecule has 1 aliphatic carbocycles. The predicted octanol–water partition coefficient (Wildman–Crippen LogP) is 3.04. The van der Waals surface area contributed by atoms with E-state index in [1.165, 1.54) is 0 Å². The first-order chi connectivity index (χ1) is 13.2. The number of hydrogen-bond acceptors (Lipinski definition) is 4. The molecule has 1 amide bonds. The SMILES string of the molecule is N#Cc1ccccc1-c1ccccc1C(=O)N1CCN(C2CC2)C(C#N)C1. The molecule has 2 aliphatic rings. The third-order valence-electron chi connectivity index (χ3n) is 5.37. The average molecular weight is 356 g/mol. The lowest BCUT2D eigenvalue weighted by Crippen LogP contribution is -2.54. The van der Waals surface area contributed by atoms with Gasteiger partial charge in [-0.2, -0.15) is 10.5 Å². The summed E-state index contributed by atoms with van der Waals surface area (Å²) in [5, 5.41) is 19.0. The van der Waals surface area contributed by atoms with E-state index in [1.54, 1.807) is 17.0 Å². The lowest BCUT2D eigenvalue weighted by atomic mass is 9.95. The Balaban J connectivity index is 1.64. The summed E-state index contributed by atoms with van der Waals surface area (Å²) in [6.07, 6.45) is 2.31. The summed E-state index contributed by atoms with van der Waals surface area (Å²) in [4.78, 5) is 17.3. The Kier molecular flexibility index (Phi) is 4.62. The lowest BCUT2D eigenvalue weighted by Gasteiger charge is -2.38. The van der Waals surface area contributed by atoms with Gasteiger partial charge in [0.25, 0.3) is 5.91 Å². The molecule has 27 heavy (non-hydrogen) atoms. The molecular formula is C22H20N4O. The van der Waals surface area contributed by atoms with Crippen LogP contribution < -0.4 is 0 Å². The zero-order valence-electron chi connectivity index (χ0n) is 15.0. The maximum atomic E-state index is 13.3. The molecule has 0 N–H and O–H groups in total. The number of rotatable bonds is 3. The first kappa shape index (κ1) is 17.3. The Bertz CT molecular complexity index is 951. The second-order valence-electron chi connectivity index (χ2n) is 7.07. The summed E-state index contributed by atoms with van der Waals surface area (Å²) in [6.45, 7) is 1.80. The fraction of sp³-hybridized carbons (Fsp3) is 0.318. The molecular weight excluding hydrogens is 336 g/mol. The summed E-state index contributed by atoms with van der Waals surface area (Å²) < 4.78 is 0. The van der Waals surface area contributed by atoms with E-state index < -0.39 is 0 Å². The van der Waals surface area contributed by atoms with Crippen molar-refractivity contribution in [1.82, 2.24) is 9.80 Å². The third-order valence-corrected chi connectivity index (χ3v) is 5.37. The molecule has 0 spiro atoms. The van der Waals surface area contributed by atoms with E-state index in [0.29, 0.717) is 30.3 Å². The minimum Gasteiger partial charge on any atom is -0.335 e. The molecule has 2 aromatic rings. The number of carbonyl (C=O) groups excluding carboxylic acids is 1. The van der Waals surface area contributed by atoms with Gasteiger partial charge < -0.3 is 4.90 Å². The predicted molar refractivity (Wildman–Crippen MR) is 102 cm³/mol. The first-order valence-corrected chi connectivity index (χ1v) is 9.26. The number of nitrogens with zero attached hydrogens (tertiary/aromatic N) is 4. The molecule has 1 atom stereocenters. The van der Waals surface area contributed by atoms with Crippen LogP contribution >= 0.6 is 0 Å². The zero-order valence-corrected chi connectivity index (χ0v) is 15.0. The fourth-order valence-electron chi connectivity index (χ4n) is 3.83. The smallest absolute Gasteiger partial charge is 0.254 e. The number of amides is 1. The maximum absolute atomic E-state index is 13.3.